The predicted molar refractivity (Wildman–Crippen MR) is 121 cm³/mol. The lowest BCUT2D eigenvalue weighted by atomic mass is 10.1. The fourth-order valence-corrected chi connectivity index (χ4v) is 3.40. The smallest absolute Gasteiger partial charge is 0.245 e. The molecule has 0 atom stereocenters. The summed E-state index contributed by atoms with van der Waals surface area (Å²) in [5.41, 5.74) is 7.30. The van der Waals surface area contributed by atoms with Gasteiger partial charge in [-0.25, -0.2) is 5.01 Å². The second-order valence-electron chi connectivity index (χ2n) is 7.40. The van der Waals surface area contributed by atoms with Crippen LogP contribution in [-0.4, -0.2) is 43.0 Å². The molecule has 1 aliphatic heterocycles. The van der Waals surface area contributed by atoms with E-state index >= 15 is 0 Å². The number of nitrogens with one attached hydrogen (secondary N) is 2. The largest absolute Gasteiger partial charge is 0.372 e. The van der Waals surface area contributed by atoms with Crippen molar-refractivity contribution in [2.45, 2.75) is 26.7 Å². The van der Waals surface area contributed by atoms with Gasteiger partial charge < -0.3 is 10.2 Å². The summed E-state index contributed by atoms with van der Waals surface area (Å²) in [4.78, 5) is 26.8. The van der Waals surface area contributed by atoms with Crippen LogP contribution in [-0.2, 0) is 9.59 Å². The third-order valence-corrected chi connectivity index (χ3v) is 5.13. The molecule has 0 spiro atoms. The van der Waals surface area contributed by atoms with E-state index in [2.05, 4.69) is 34.7 Å². The van der Waals surface area contributed by atoms with Crippen LogP contribution < -0.4 is 15.6 Å². The second-order valence-corrected chi connectivity index (χ2v) is 7.40. The van der Waals surface area contributed by atoms with E-state index in [0.29, 0.717) is 6.54 Å². The summed E-state index contributed by atoms with van der Waals surface area (Å²) in [5, 5.41) is 4.32. The van der Waals surface area contributed by atoms with Gasteiger partial charge in [-0.05, 0) is 44.0 Å². The second kappa shape index (κ2) is 10.5. The molecule has 3 rings (SSSR count). The van der Waals surface area contributed by atoms with Crippen molar-refractivity contribution in [3.63, 3.8) is 0 Å². The zero-order chi connectivity index (χ0) is 21.3. The van der Waals surface area contributed by atoms with Gasteiger partial charge in [-0.15, -0.1) is 0 Å². The molecule has 2 N–H and O–H groups in total. The minimum absolute atomic E-state index is 0.00177. The molecule has 6 heteroatoms. The van der Waals surface area contributed by atoms with Crippen LogP contribution in [0.4, 0.5) is 5.69 Å². The first-order valence-electron chi connectivity index (χ1n) is 10.5. The standard InChI is InChI=1S/C24H30N4O2/c1-3-27(21-8-5-4-6-9-21)17-7-16-25-23(29)18-28-24(30)15-14-22(26-28)20-12-10-19(2)11-13-20/h4-6,8-14,26H,3,7,15-18H2,1-2H3,(H,25,29). The van der Waals surface area contributed by atoms with Gasteiger partial charge in [-0.3, -0.25) is 15.0 Å². The molecule has 2 aromatic rings. The van der Waals surface area contributed by atoms with Crippen molar-refractivity contribution < 1.29 is 9.59 Å². The first-order chi connectivity index (χ1) is 14.6. The van der Waals surface area contributed by atoms with Gasteiger partial charge in [0.1, 0.15) is 6.54 Å². The third-order valence-electron chi connectivity index (χ3n) is 5.13. The third kappa shape index (κ3) is 5.86. The van der Waals surface area contributed by atoms with Crippen LogP contribution in [0, 0.1) is 6.92 Å². The maximum atomic E-state index is 12.4. The van der Waals surface area contributed by atoms with Crippen molar-refractivity contribution in [1.82, 2.24) is 15.8 Å². The van der Waals surface area contributed by atoms with Crippen molar-refractivity contribution in [3.8, 4) is 0 Å². The number of hydrogen-bond acceptors (Lipinski definition) is 4. The monoisotopic (exact) mass is 406 g/mol. The van der Waals surface area contributed by atoms with E-state index in [1.807, 2.05) is 55.5 Å². The van der Waals surface area contributed by atoms with Crippen LogP contribution in [0.1, 0.15) is 30.9 Å². The summed E-state index contributed by atoms with van der Waals surface area (Å²) in [6.07, 6.45) is 2.99. The average Bonchev–Trinajstić information content (AvgIpc) is 2.76. The van der Waals surface area contributed by atoms with Crippen LogP contribution >= 0.6 is 0 Å². The summed E-state index contributed by atoms with van der Waals surface area (Å²) in [6, 6.07) is 18.3. The number of carbonyl (C=O) groups excluding carboxylic acids is 2. The molecule has 2 amide bonds. The lowest BCUT2D eigenvalue weighted by Crippen LogP contribution is -2.49. The number of carbonyl (C=O) groups is 2. The average molecular weight is 407 g/mol. The Morgan fingerprint density at radius 1 is 1.13 bits per heavy atom. The van der Waals surface area contributed by atoms with Crippen molar-refractivity contribution in [3.05, 3.63) is 71.8 Å². The number of para-hydroxylation sites is 1. The highest BCUT2D eigenvalue weighted by atomic mass is 16.2. The van der Waals surface area contributed by atoms with Crippen LogP contribution in [0.5, 0.6) is 0 Å². The Hall–Kier alpha value is -3.28. The minimum atomic E-state index is -0.163. The molecular weight excluding hydrogens is 376 g/mol. The van der Waals surface area contributed by atoms with Crippen LogP contribution in [0.25, 0.3) is 5.70 Å². The molecule has 158 valence electrons. The first-order valence-corrected chi connectivity index (χ1v) is 10.5. The Labute approximate surface area is 178 Å². The van der Waals surface area contributed by atoms with Gasteiger partial charge in [0.05, 0.1) is 5.70 Å². The summed E-state index contributed by atoms with van der Waals surface area (Å²) in [5.74, 6) is -0.272. The van der Waals surface area contributed by atoms with Crippen molar-refractivity contribution in [2.75, 3.05) is 31.1 Å². The zero-order valence-electron chi connectivity index (χ0n) is 17.7. The SMILES string of the molecule is CCN(CCCNC(=O)CN1NC(c2ccc(C)cc2)=CCC1=O)c1ccccc1. The molecule has 30 heavy (non-hydrogen) atoms. The molecule has 0 bridgehead atoms. The number of benzene rings is 2. The van der Waals surface area contributed by atoms with E-state index < -0.39 is 0 Å². The Balaban J connectivity index is 1.44. The highest BCUT2D eigenvalue weighted by Gasteiger charge is 2.22. The number of aryl methyl sites for hydroxylation is 1. The van der Waals surface area contributed by atoms with E-state index in [-0.39, 0.29) is 24.8 Å². The molecule has 0 saturated heterocycles. The maximum absolute atomic E-state index is 12.4. The summed E-state index contributed by atoms with van der Waals surface area (Å²) >= 11 is 0. The number of nitrogens with zero attached hydrogens (tertiary/aromatic N) is 2. The van der Waals surface area contributed by atoms with E-state index in [9.17, 15) is 9.59 Å². The van der Waals surface area contributed by atoms with Gasteiger partial charge in [-0.2, -0.15) is 0 Å². The lowest BCUT2D eigenvalue weighted by molar-refractivity contribution is -0.137. The fraction of sp³-hybridized carbons (Fsp3) is 0.333. The number of amides is 2. The van der Waals surface area contributed by atoms with Gasteiger partial charge in [0, 0.05) is 31.7 Å². The Morgan fingerprint density at radius 3 is 2.57 bits per heavy atom. The van der Waals surface area contributed by atoms with E-state index in [0.717, 1.165) is 30.8 Å². The van der Waals surface area contributed by atoms with E-state index in [4.69, 9.17) is 0 Å². The highest BCUT2D eigenvalue weighted by Crippen LogP contribution is 2.18. The Morgan fingerprint density at radius 2 is 1.87 bits per heavy atom. The number of anilines is 1. The number of hydrazine groups is 1. The first kappa shape index (κ1) is 21.4. The molecule has 1 aliphatic rings. The van der Waals surface area contributed by atoms with Gasteiger partial charge in [0.2, 0.25) is 11.8 Å². The molecule has 0 saturated carbocycles. The van der Waals surface area contributed by atoms with Crippen LogP contribution in [0.15, 0.2) is 60.7 Å². The minimum Gasteiger partial charge on any atom is -0.372 e. The molecule has 0 aliphatic carbocycles. The van der Waals surface area contributed by atoms with E-state index in [1.54, 1.807) is 0 Å². The zero-order valence-corrected chi connectivity index (χ0v) is 17.7. The summed E-state index contributed by atoms with van der Waals surface area (Å²) < 4.78 is 0. The maximum Gasteiger partial charge on any atom is 0.245 e. The number of rotatable bonds is 9. The quantitative estimate of drug-likeness (QED) is 0.628. The molecule has 6 nitrogen and oxygen atoms in total. The molecule has 1 heterocycles. The van der Waals surface area contributed by atoms with Crippen molar-refractivity contribution >= 4 is 23.2 Å². The van der Waals surface area contributed by atoms with Crippen LogP contribution in [0.3, 0.4) is 0 Å². The van der Waals surface area contributed by atoms with Crippen molar-refractivity contribution in [1.29, 1.82) is 0 Å². The normalized spacial score (nSPS) is 13.5. The van der Waals surface area contributed by atoms with Crippen LogP contribution in [0.2, 0.25) is 0 Å². The van der Waals surface area contributed by atoms with Gasteiger partial charge >= 0.3 is 0 Å². The molecule has 2 aromatic carbocycles. The predicted octanol–water partition coefficient (Wildman–Crippen LogP) is 3.11. The van der Waals surface area contributed by atoms with E-state index in [1.165, 1.54) is 16.3 Å². The lowest BCUT2D eigenvalue weighted by Gasteiger charge is -2.29. The molecule has 0 radical (unpaired) electrons. The van der Waals surface area contributed by atoms with Crippen molar-refractivity contribution in [2.24, 2.45) is 0 Å². The highest BCUT2D eigenvalue weighted by molar-refractivity contribution is 5.88. The fourth-order valence-electron chi connectivity index (χ4n) is 3.40. The Bertz CT molecular complexity index is 878. The summed E-state index contributed by atoms with van der Waals surface area (Å²) in [6.45, 7) is 6.51. The Kier molecular flexibility index (Phi) is 7.49. The van der Waals surface area contributed by atoms with Gasteiger partial charge in [-0.1, -0.05) is 48.0 Å². The van der Waals surface area contributed by atoms with Gasteiger partial charge in [0.25, 0.3) is 0 Å². The molecular formula is C24H30N4O2. The number of hydrogen-bond donors (Lipinski definition) is 2. The summed E-state index contributed by atoms with van der Waals surface area (Å²) in [7, 11) is 0. The molecule has 0 unspecified atom stereocenters. The topological polar surface area (TPSA) is 64.7 Å². The molecule has 0 fully saturated rings. The van der Waals surface area contributed by atoms with Gasteiger partial charge in [0.15, 0.2) is 0 Å². The molecule has 0 aromatic heterocycles.